The molecule has 0 bridgehead atoms. The maximum Gasteiger partial charge on any atom is 0.0160 e. The first-order valence-corrected chi connectivity index (χ1v) is 6.16. The van der Waals surface area contributed by atoms with Gasteiger partial charge in [-0.05, 0) is 38.3 Å². The van der Waals surface area contributed by atoms with Gasteiger partial charge in [0.1, 0.15) is 0 Å². The number of thiol groups is 1. The molecule has 3 heteroatoms. The summed E-state index contributed by atoms with van der Waals surface area (Å²) in [7, 11) is 3.98. The Labute approximate surface area is 77.7 Å². The van der Waals surface area contributed by atoms with Crippen LogP contribution in [0.2, 0.25) is 0 Å². The van der Waals surface area contributed by atoms with Gasteiger partial charge in [0.05, 0.1) is 0 Å². The summed E-state index contributed by atoms with van der Waals surface area (Å²) in [6, 6.07) is 0. The minimum absolute atomic E-state index is 0.717. The van der Waals surface area contributed by atoms with Crippen LogP contribution in [-0.2, 0) is 0 Å². The Kier molecular flexibility index (Phi) is 2.15. The van der Waals surface area contributed by atoms with E-state index in [1.165, 1.54) is 32.4 Å². The molecule has 11 heavy (non-hydrogen) atoms. The molecule has 64 valence electrons. The fraction of sp³-hybridized carbons (Fsp3) is 1.00. The molecule has 0 atom stereocenters. The normalized spacial score (nSPS) is 44.7. The Morgan fingerprint density at radius 3 is 2.73 bits per heavy atom. The van der Waals surface area contributed by atoms with Gasteiger partial charge in [-0.1, -0.05) is 10.8 Å². The van der Waals surface area contributed by atoms with Crippen molar-refractivity contribution in [3.8, 4) is 0 Å². The lowest BCUT2D eigenvalue weighted by Crippen LogP contribution is -2.40. The van der Waals surface area contributed by atoms with E-state index in [4.69, 9.17) is 0 Å². The van der Waals surface area contributed by atoms with Crippen molar-refractivity contribution >= 4 is 22.5 Å². The van der Waals surface area contributed by atoms with Crippen molar-refractivity contribution in [2.75, 3.05) is 20.1 Å². The highest BCUT2D eigenvalue weighted by Gasteiger charge is 2.47. The molecule has 0 aromatic heterocycles. The van der Waals surface area contributed by atoms with Gasteiger partial charge in [0.15, 0.2) is 0 Å². The molecular weight excluding hydrogens is 174 g/mol. The van der Waals surface area contributed by atoms with Gasteiger partial charge >= 0.3 is 0 Å². The number of rotatable bonds is 1. The van der Waals surface area contributed by atoms with Gasteiger partial charge in [-0.3, -0.25) is 0 Å². The second kappa shape index (κ2) is 2.86. The molecule has 1 heterocycles. The van der Waals surface area contributed by atoms with E-state index >= 15 is 0 Å². The fourth-order valence-corrected chi connectivity index (χ4v) is 3.78. The largest absolute Gasteiger partial charge is 0.306 e. The molecule has 1 spiro atoms. The SMILES string of the molecule is CN1CCC2(CC(SS)C2)C1. The maximum atomic E-state index is 4.25. The second-order valence-electron chi connectivity index (χ2n) is 4.12. The molecule has 1 saturated heterocycles. The Morgan fingerprint density at radius 1 is 1.55 bits per heavy atom. The molecule has 1 saturated carbocycles. The zero-order chi connectivity index (χ0) is 7.90. The third-order valence-electron chi connectivity index (χ3n) is 3.10. The number of likely N-dealkylation sites (tertiary alicyclic amines) is 1. The van der Waals surface area contributed by atoms with Crippen molar-refractivity contribution < 1.29 is 0 Å². The maximum absolute atomic E-state index is 4.25. The number of hydrogen-bond acceptors (Lipinski definition) is 3. The second-order valence-corrected chi connectivity index (χ2v) is 5.63. The standard InChI is InChI=1S/C8H15NS2/c1-9-3-2-8(6-9)4-7(5-8)11-10/h7,10H,2-6H2,1H3. The first-order chi connectivity index (χ1) is 5.24. The van der Waals surface area contributed by atoms with Gasteiger partial charge in [0, 0.05) is 11.8 Å². The molecule has 2 aliphatic rings. The quantitative estimate of drug-likeness (QED) is 0.497. The molecule has 0 radical (unpaired) electrons. The Morgan fingerprint density at radius 2 is 2.27 bits per heavy atom. The zero-order valence-electron chi connectivity index (χ0n) is 6.92. The van der Waals surface area contributed by atoms with Crippen LogP contribution in [0.25, 0.3) is 0 Å². The van der Waals surface area contributed by atoms with Crippen molar-refractivity contribution in [1.29, 1.82) is 0 Å². The molecular formula is C8H15NS2. The van der Waals surface area contributed by atoms with Gasteiger partial charge in [0.2, 0.25) is 0 Å². The molecule has 0 unspecified atom stereocenters. The van der Waals surface area contributed by atoms with E-state index in [0.29, 0.717) is 0 Å². The Hall–Kier alpha value is 0.660. The molecule has 0 aromatic rings. The fourth-order valence-electron chi connectivity index (χ4n) is 2.47. The highest BCUT2D eigenvalue weighted by atomic mass is 33.1. The minimum atomic E-state index is 0.717. The summed E-state index contributed by atoms with van der Waals surface area (Å²) in [6.45, 7) is 2.64. The molecule has 1 aliphatic heterocycles. The van der Waals surface area contributed by atoms with E-state index in [9.17, 15) is 0 Å². The van der Waals surface area contributed by atoms with E-state index in [1.807, 2.05) is 0 Å². The monoisotopic (exact) mass is 189 g/mol. The lowest BCUT2D eigenvalue weighted by atomic mass is 9.68. The summed E-state index contributed by atoms with van der Waals surface area (Å²) in [4.78, 5) is 2.46. The molecule has 1 aliphatic carbocycles. The predicted molar refractivity (Wildman–Crippen MR) is 54.1 cm³/mol. The average molecular weight is 189 g/mol. The number of hydrogen-bond donors (Lipinski definition) is 1. The highest BCUT2D eigenvalue weighted by Crippen LogP contribution is 2.52. The van der Waals surface area contributed by atoms with Crippen LogP contribution in [0.5, 0.6) is 0 Å². The van der Waals surface area contributed by atoms with E-state index in [0.717, 1.165) is 10.7 Å². The van der Waals surface area contributed by atoms with E-state index in [2.05, 4.69) is 23.6 Å². The van der Waals surface area contributed by atoms with Crippen LogP contribution >= 0.6 is 22.5 Å². The topological polar surface area (TPSA) is 3.24 Å². The van der Waals surface area contributed by atoms with E-state index in [-0.39, 0.29) is 0 Å². The third kappa shape index (κ3) is 1.43. The molecule has 0 amide bonds. The van der Waals surface area contributed by atoms with E-state index < -0.39 is 0 Å². The molecule has 2 fully saturated rings. The van der Waals surface area contributed by atoms with Crippen molar-refractivity contribution in [3.63, 3.8) is 0 Å². The van der Waals surface area contributed by atoms with Crippen LogP contribution < -0.4 is 0 Å². The summed E-state index contributed by atoms with van der Waals surface area (Å²) in [5, 5.41) is 0.852. The predicted octanol–water partition coefficient (Wildman–Crippen LogP) is 2.05. The van der Waals surface area contributed by atoms with Gasteiger partial charge in [-0.25, -0.2) is 0 Å². The lowest BCUT2D eigenvalue weighted by Gasteiger charge is -2.44. The minimum Gasteiger partial charge on any atom is -0.306 e. The molecule has 0 aromatic carbocycles. The van der Waals surface area contributed by atoms with Gasteiger partial charge in [-0.15, -0.1) is 11.7 Å². The van der Waals surface area contributed by atoms with Crippen LogP contribution in [0, 0.1) is 5.41 Å². The summed E-state index contributed by atoms with van der Waals surface area (Å²) >= 11 is 4.25. The zero-order valence-corrected chi connectivity index (χ0v) is 8.63. The van der Waals surface area contributed by atoms with Crippen LogP contribution in [0.4, 0.5) is 0 Å². The van der Waals surface area contributed by atoms with Gasteiger partial charge in [-0.2, -0.15) is 0 Å². The molecule has 2 rings (SSSR count). The van der Waals surface area contributed by atoms with Crippen LogP contribution in [0.15, 0.2) is 0 Å². The van der Waals surface area contributed by atoms with Crippen LogP contribution in [0.3, 0.4) is 0 Å². The summed E-state index contributed by atoms with van der Waals surface area (Å²) in [5.74, 6) is 0. The van der Waals surface area contributed by atoms with Crippen molar-refractivity contribution in [2.24, 2.45) is 5.41 Å². The average Bonchev–Trinajstić information content (AvgIpc) is 2.28. The van der Waals surface area contributed by atoms with Crippen LogP contribution in [0.1, 0.15) is 19.3 Å². The summed E-state index contributed by atoms with van der Waals surface area (Å²) in [6.07, 6.45) is 4.24. The Bertz CT molecular complexity index is 154. The highest BCUT2D eigenvalue weighted by molar-refractivity contribution is 8.68. The van der Waals surface area contributed by atoms with E-state index in [1.54, 1.807) is 10.8 Å². The van der Waals surface area contributed by atoms with Crippen molar-refractivity contribution in [1.82, 2.24) is 4.90 Å². The molecule has 1 nitrogen and oxygen atoms in total. The van der Waals surface area contributed by atoms with Crippen molar-refractivity contribution in [3.05, 3.63) is 0 Å². The van der Waals surface area contributed by atoms with Gasteiger partial charge in [0.25, 0.3) is 0 Å². The first kappa shape index (κ1) is 8.27. The van der Waals surface area contributed by atoms with Crippen molar-refractivity contribution in [2.45, 2.75) is 24.5 Å². The summed E-state index contributed by atoms with van der Waals surface area (Å²) in [5.41, 5.74) is 0.717. The first-order valence-electron chi connectivity index (χ1n) is 4.23. The number of nitrogens with zero attached hydrogens (tertiary/aromatic N) is 1. The Balaban J connectivity index is 1.87. The lowest BCUT2D eigenvalue weighted by molar-refractivity contribution is 0.155. The molecule has 0 N–H and O–H groups in total. The smallest absolute Gasteiger partial charge is 0.0160 e. The van der Waals surface area contributed by atoms with Crippen LogP contribution in [-0.4, -0.2) is 30.3 Å². The summed E-state index contributed by atoms with van der Waals surface area (Å²) < 4.78 is 0. The third-order valence-corrected chi connectivity index (χ3v) is 4.63. The van der Waals surface area contributed by atoms with Gasteiger partial charge < -0.3 is 4.90 Å².